The Morgan fingerprint density at radius 2 is 1.83 bits per heavy atom. The van der Waals surface area contributed by atoms with Gasteiger partial charge in [-0.25, -0.2) is 17.5 Å². The van der Waals surface area contributed by atoms with Crippen LogP contribution in [0.5, 0.6) is 0 Å². The number of hydrogen-bond donors (Lipinski definition) is 1. The Kier molecular flexibility index (Phi) is 4.29. The first-order valence-electron chi connectivity index (χ1n) is 7.58. The van der Waals surface area contributed by atoms with Crippen molar-refractivity contribution in [3.8, 4) is 0 Å². The second kappa shape index (κ2) is 6.26. The van der Waals surface area contributed by atoms with Crippen LogP contribution in [0.4, 0.5) is 16.2 Å². The van der Waals surface area contributed by atoms with E-state index >= 15 is 0 Å². The molecule has 2 amide bonds. The van der Waals surface area contributed by atoms with Gasteiger partial charge in [-0.2, -0.15) is 0 Å². The number of fused-ring (bicyclic) bond motifs is 1. The zero-order chi connectivity index (χ0) is 17.3. The van der Waals surface area contributed by atoms with E-state index in [4.69, 9.17) is 0 Å². The molecule has 6 nitrogen and oxygen atoms in total. The van der Waals surface area contributed by atoms with E-state index in [1.165, 1.54) is 18.4 Å². The number of para-hydroxylation sites is 1. The van der Waals surface area contributed by atoms with Crippen LogP contribution in [0.3, 0.4) is 0 Å². The van der Waals surface area contributed by atoms with Crippen LogP contribution in [0.1, 0.15) is 5.56 Å². The van der Waals surface area contributed by atoms with Crippen LogP contribution in [0.2, 0.25) is 0 Å². The summed E-state index contributed by atoms with van der Waals surface area (Å²) in [4.78, 5) is 14.3. The molecule has 0 unspecified atom stereocenters. The lowest BCUT2D eigenvalue weighted by Gasteiger charge is -2.19. The summed E-state index contributed by atoms with van der Waals surface area (Å²) >= 11 is 0. The van der Waals surface area contributed by atoms with Gasteiger partial charge >= 0.3 is 6.03 Å². The van der Waals surface area contributed by atoms with Crippen molar-refractivity contribution >= 4 is 27.4 Å². The lowest BCUT2D eigenvalue weighted by molar-refractivity contribution is 0.257. The number of sulfonamides is 1. The highest BCUT2D eigenvalue weighted by Crippen LogP contribution is 2.31. The number of nitrogens with zero attached hydrogens (tertiary/aromatic N) is 2. The second-order valence-corrected chi connectivity index (χ2v) is 7.93. The maximum Gasteiger partial charge on any atom is 0.326 e. The SMILES string of the molecule is CN(C)S(=O)(=O)c1ccc2c(c1)CCN2C(=O)Nc1ccccc1. The summed E-state index contributed by atoms with van der Waals surface area (Å²) in [6.45, 7) is 0.527. The van der Waals surface area contributed by atoms with E-state index in [1.54, 1.807) is 23.1 Å². The highest BCUT2D eigenvalue weighted by molar-refractivity contribution is 7.89. The number of urea groups is 1. The lowest BCUT2D eigenvalue weighted by Crippen LogP contribution is -2.33. The molecule has 0 saturated carbocycles. The minimum absolute atomic E-state index is 0.219. The van der Waals surface area contributed by atoms with Crippen molar-refractivity contribution in [3.05, 3.63) is 54.1 Å². The van der Waals surface area contributed by atoms with Crippen molar-refractivity contribution < 1.29 is 13.2 Å². The second-order valence-electron chi connectivity index (χ2n) is 5.78. The molecule has 2 aromatic carbocycles. The summed E-state index contributed by atoms with van der Waals surface area (Å²) in [6.07, 6.45) is 0.633. The third-order valence-electron chi connectivity index (χ3n) is 4.00. The topological polar surface area (TPSA) is 69.7 Å². The molecular formula is C17H19N3O3S. The molecule has 0 atom stereocenters. The summed E-state index contributed by atoms with van der Waals surface area (Å²) in [5, 5.41) is 2.85. The average molecular weight is 345 g/mol. The summed E-state index contributed by atoms with van der Waals surface area (Å²) in [5.41, 5.74) is 2.34. The van der Waals surface area contributed by atoms with E-state index in [2.05, 4.69) is 5.32 Å². The molecule has 0 aromatic heterocycles. The highest BCUT2D eigenvalue weighted by atomic mass is 32.2. The molecule has 0 aliphatic carbocycles. The Labute approximate surface area is 141 Å². The quantitative estimate of drug-likeness (QED) is 0.929. The van der Waals surface area contributed by atoms with Crippen molar-refractivity contribution in [2.24, 2.45) is 0 Å². The van der Waals surface area contributed by atoms with E-state index < -0.39 is 10.0 Å². The van der Waals surface area contributed by atoms with Crippen LogP contribution in [0.25, 0.3) is 0 Å². The first-order chi connectivity index (χ1) is 11.4. The van der Waals surface area contributed by atoms with Gasteiger partial charge in [-0.1, -0.05) is 18.2 Å². The van der Waals surface area contributed by atoms with Gasteiger partial charge in [0.15, 0.2) is 0 Å². The van der Waals surface area contributed by atoms with Crippen LogP contribution >= 0.6 is 0 Å². The minimum atomic E-state index is -3.47. The normalized spacial score (nSPS) is 13.9. The third kappa shape index (κ3) is 3.00. The van der Waals surface area contributed by atoms with Gasteiger partial charge in [0, 0.05) is 32.0 Å². The summed E-state index contributed by atoms with van der Waals surface area (Å²) in [6, 6.07) is 13.9. The van der Waals surface area contributed by atoms with E-state index in [9.17, 15) is 13.2 Å². The van der Waals surface area contributed by atoms with Gasteiger partial charge in [0.2, 0.25) is 10.0 Å². The van der Waals surface area contributed by atoms with E-state index in [0.717, 1.165) is 16.9 Å². The zero-order valence-corrected chi connectivity index (χ0v) is 14.4. The summed E-state index contributed by atoms with van der Waals surface area (Å²) in [5.74, 6) is 0. The fourth-order valence-electron chi connectivity index (χ4n) is 2.67. The number of carbonyl (C=O) groups is 1. The molecule has 1 aliphatic rings. The molecular weight excluding hydrogens is 326 g/mol. The zero-order valence-electron chi connectivity index (χ0n) is 13.6. The lowest BCUT2D eigenvalue weighted by atomic mass is 10.2. The summed E-state index contributed by atoms with van der Waals surface area (Å²) in [7, 11) is -0.466. The molecule has 0 spiro atoms. The number of amides is 2. The fourth-order valence-corrected chi connectivity index (χ4v) is 3.63. The van der Waals surface area contributed by atoms with Crippen LogP contribution in [0, 0.1) is 0 Å². The molecule has 1 aliphatic heterocycles. The van der Waals surface area contributed by atoms with Crippen molar-refractivity contribution in [3.63, 3.8) is 0 Å². The van der Waals surface area contributed by atoms with Crippen LogP contribution in [-0.2, 0) is 16.4 Å². The Balaban J connectivity index is 1.84. The molecule has 0 fully saturated rings. The van der Waals surface area contributed by atoms with Crippen LogP contribution in [0.15, 0.2) is 53.4 Å². The largest absolute Gasteiger partial charge is 0.326 e. The fraction of sp³-hybridized carbons (Fsp3) is 0.235. The van der Waals surface area contributed by atoms with Gasteiger partial charge in [0.1, 0.15) is 0 Å². The Hall–Kier alpha value is -2.38. The molecule has 0 radical (unpaired) electrons. The molecule has 3 rings (SSSR count). The van der Waals surface area contributed by atoms with Gasteiger partial charge in [0.05, 0.1) is 4.90 Å². The number of carbonyl (C=O) groups excluding carboxylic acids is 1. The Morgan fingerprint density at radius 1 is 1.12 bits per heavy atom. The molecule has 7 heteroatoms. The van der Waals surface area contributed by atoms with Gasteiger partial charge in [0.25, 0.3) is 0 Å². The van der Waals surface area contributed by atoms with Crippen LogP contribution in [-0.4, -0.2) is 39.4 Å². The van der Waals surface area contributed by atoms with Gasteiger partial charge in [-0.05, 0) is 42.3 Å². The smallest absolute Gasteiger partial charge is 0.308 e. The van der Waals surface area contributed by atoms with Gasteiger partial charge < -0.3 is 5.32 Å². The van der Waals surface area contributed by atoms with Crippen molar-refractivity contribution in [1.29, 1.82) is 0 Å². The Morgan fingerprint density at radius 3 is 2.50 bits per heavy atom. The predicted molar refractivity (Wildman–Crippen MR) is 93.8 cm³/mol. The summed E-state index contributed by atoms with van der Waals surface area (Å²) < 4.78 is 25.6. The van der Waals surface area contributed by atoms with Crippen LogP contribution < -0.4 is 10.2 Å². The first kappa shape index (κ1) is 16.5. The third-order valence-corrected chi connectivity index (χ3v) is 5.81. The van der Waals surface area contributed by atoms with Gasteiger partial charge in [-0.15, -0.1) is 0 Å². The standard InChI is InChI=1S/C17H19N3O3S/c1-19(2)24(22,23)15-8-9-16-13(12-15)10-11-20(16)17(21)18-14-6-4-3-5-7-14/h3-9,12H,10-11H2,1-2H3,(H,18,21). The monoisotopic (exact) mass is 345 g/mol. The minimum Gasteiger partial charge on any atom is -0.308 e. The number of rotatable bonds is 3. The van der Waals surface area contributed by atoms with E-state index in [0.29, 0.717) is 13.0 Å². The molecule has 0 saturated heterocycles. The molecule has 126 valence electrons. The van der Waals surface area contributed by atoms with E-state index in [1.807, 2.05) is 30.3 Å². The first-order valence-corrected chi connectivity index (χ1v) is 9.02. The maximum absolute atomic E-state index is 12.5. The molecule has 0 bridgehead atoms. The Bertz CT molecular complexity index is 864. The van der Waals surface area contributed by atoms with Gasteiger partial charge in [-0.3, -0.25) is 4.90 Å². The maximum atomic E-state index is 12.5. The number of anilines is 2. The average Bonchev–Trinajstić information content (AvgIpc) is 2.98. The predicted octanol–water partition coefficient (Wildman–Crippen LogP) is 2.53. The molecule has 1 heterocycles. The number of hydrogen-bond acceptors (Lipinski definition) is 3. The van der Waals surface area contributed by atoms with Crippen molar-refractivity contribution in [2.45, 2.75) is 11.3 Å². The molecule has 24 heavy (non-hydrogen) atoms. The highest BCUT2D eigenvalue weighted by Gasteiger charge is 2.27. The number of benzene rings is 2. The van der Waals surface area contributed by atoms with Crippen molar-refractivity contribution in [2.75, 3.05) is 30.9 Å². The molecule has 2 aromatic rings. The van der Waals surface area contributed by atoms with E-state index in [-0.39, 0.29) is 10.9 Å². The van der Waals surface area contributed by atoms with Crippen molar-refractivity contribution in [1.82, 2.24) is 4.31 Å². The number of nitrogens with one attached hydrogen (secondary N) is 1. The molecule has 1 N–H and O–H groups in total.